The van der Waals surface area contributed by atoms with E-state index in [4.69, 9.17) is 14.2 Å². The number of hydrogen-bond acceptors (Lipinski definition) is 6. The number of ether oxygens (including phenoxy) is 3. The molecule has 0 bridgehead atoms. The molecule has 83 heavy (non-hydrogen) atoms. The monoisotopic (exact) mass is 1160 g/mol. The van der Waals surface area contributed by atoms with Crippen LogP contribution in [0.3, 0.4) is 0 Å². The van der Waals surface area contributed by atoms with Crippen LogP contribution in [-0.2, 0) is 28.6 Å². The van der Waals surface area contributed by atoms with Gasteiger partial charge in [0.15, 0.2) is 6.10 Å². The van der Waals surface area contributed by atoms with Crippen LogP contribution in [0.25, 0.3) is 0 Å². The van der Waals surface area contributed by atoms with Crippen molar-refractivity contribution >= 4 is 17.9 Å². The largest absolute Gasteiger partial charge is 0.462 e. The predicted octanol–water partition coefficient (Wildman–Crippen LogP) is 25.2. The van der Waals surface area contributed by atoms with Crippen LogP contribution < -0.4 is 0 Å². The van der Waals surface area contributed by atoms with E-state index in [9.17, 15) is 14.4 Å². The number of allylic oxidation sites excluding steroid dienone is 11. The highest BCUT2D eigenvalue weighted by molar-refractivity contribution is 5.72. The summed E-state index contributed by atoms with van der Waals surface area (Å²) >= 11 is 0. The first-order chi connectivity index (χ1) is 41.0. The molecule has 0 rings (SSSR count). The zero-order valence-electron chi connectivity index (χ0n) is 55.5. The van der Waals surface area contributed by atoms with Crippen LogP contribution in [0.15, 0.2) is 72.9 Å². The molecule has 0 fully saturated rings. The maximum atomic E-state index is 13.0. The summed E-state index contributed by atoms with van der Waals surface area (Å²) in [4.78, 5) is 38.4. The fourth-order valence-corrected chi connectivity index (χ4v) is 10.8. The topological polar surface area (TPSA) is 78.9 Å². The Morgan fingerprint density at radius 3 is 0.831 bits per heavy atom. The van der Waals surface area contributed by atoms with Crippen LogP contribution in [-0.4, -0.2) is 37.2 Å². The molecule has 0 N–H and O–H groups in total. The third-order valence-corrected chi connectivity index (χ3v) is 16.2. The van der Waals surface area contributed by atoms with E-state index in [1.807, 2.05) is 12.2 Å². The molecule has 0 aromatic heterocycles. The molecule has 0 radical (unpaired) electrons. The molecule has 482 valence electrons. The summed E-state index contributed by atoms with van der Waals surface area (Å²) in [5.41, 5.74) is 0. The molecule has 0 saturated carbocycles. The molecule has 0 aliphatic heterocycles. The second kappa shape index (κ2) is 71.3. The van der Waals surface area contributed by atoms with Gasteiger partial charge in [-0.15, -0.1) is 0 Å². The Morgan fingerprint density at radius 1 is 0.265 bits per heavy atom. The lowest BCUT2D eigenvalue weighted by Gasteiger charge is -2.18. The van der Waals surface area contributed by atoms with E-state index >= 15 is 0 Å². The molecular weight excluding hydrogens is 1020 g/mol. The number of carbonyl (C=O) groups is 3. The highest BCUT2D eigenvalue weighted by Gasteiger charge is 2.19. The second-order valence-corrected chi connectivity index (χ2v) is 24.5. The van der Waals surface area contributed by atoms with Gasteiger partial charge in [0.05, 0.1) is 6.42 Å². The zero-order valence-corrected chi connectivity index (χ0v) is 55.5. The summed E-state index contributed by atoms with van der Waals surface area (Å²) in [5.74, 6) is -1.01. The third-order valence-electron chi connectivity index (χ3n) is 16.2. The van der Waals surface area contributed by atoms with E-state index in [2.05, 4.69) is 81.5 Å². The third kappa shape index (κ3) is 69.5. The molecule has 6 nitrogen and oxygen atoms in total. The van der Waals surface area contributed by atoms with Gasteiger partial charge in [0, 0.05) is 12.8 Å². The molecule has 1 unspecified atom stereocenters. The first-order valence-electron chi connectivity index (χ1n) is 36.4. The van der Waals surface area contributed by atoms with Crippen molar-refractivity contribution in [3.8, 4) is 0 Å². The summed E-state index contributed by atoms with van der Waals surface area (Å²) in [5, 5.41) is 0. The SMILES string of the molecule is CC/C=C\C/C=C\C/C=C\C/C=C\C/C=C\CC(=O)OCC(COC(=O)CCCCCCCCCCCCCCCCCCCCCCCCCCCCC)OC(=O)CCCCCCCCCCCCC/C=C\CCCCCCCCCC. The Morgan fingerprint density at radius 2 is 0.518 bits per heavy atom. The standard InChI is InChI=1S/C77H138O6/c1-4-7-10-13-16-19-22-25-28-30-32-34-36-37-38-39-41-42-44-46-49-52-55-58-61-64-67-70-76(79)82-73-74(72-81-75(78)69-66-63-60-57-54-51-48-27-24-21-18-15-12-9-6-3)83-77(80)71-68-65-62-59-56-53-50-47-45-43-40-35-33-31-29-26-23-20-17-14-11-8-5-2/h9,12,18,21,27,31,33,48,54,57,63,66,74H,4-8,10-11,13-17,19-20,22-26,28-30,32,34-47,49-53,55-56,58-62,64-65,67-73H2,1-3H3/b12-9-,21-18-,33-31-,48-27-,57-54-,66-63-. The van der Waals surface area contributed by atoms with E-state index in [-0.39, 0.29) is 31.6 Å². The van der Waals surface area contributed by atoms with Crippen LogP contribution in [0.2, 0.25) is 0 Å². The first-order valence-corrected chi connectivity index (χ1v) is 36.4. The van der Waals surface area contributed by atoms with E-state index in [0.717, 1.165) is 70.6 Å². The minimum absolute atomic E-state index is 0.102. The first kappa shape index (κ1) is 79.8. The van der Waals surface area contributed by atoms with Gasteiger partial charge in [-0.3, -0.25) is 14.4 Å². The number of rotatable bonds is 67. The average molecular weight is 1160 g/mol. The second-order valence-electron chi connectivity index (χ2n) is 24.5. The van der Waals surface area contributed by atoms with Crippen molar-refractivity contribution in [2.24, 2.45) is 0 Å². The lowest BCUT2D eigenvalue weighted by molar-refractivity contribution is -0.166. The fraction of sp³-hybridized carbons (Fsp3) is 0.805. The summed E-state index contributed by atoms with van der Waals surface area (Å²) in [6.07, 6.45) is 94.1. The van der Waals surface area contributed by atoms with Crippen LogP contribution in [0.4, 0.5) is 0 Å². The molecule has 0 aromatic carbocycles. The Hall–Kier alpha value is -3.15. The van der Waals surface area contributed by atoms with E-state index in [1.165, 1.54) is 270 Å². The summed E-state index contributed by atoms with van der Waals surface area (Å²) < 4.78 is 16.9. The highest BCUT2D eigenvalue weighted by atomic mass is 16.6. The Labute approximate surface area is 516 Å². The van der Waals surface area contributed by atoms with Crippen molar-refractivity contribution < 1.29 is 28.6 Å². The summed E-state index contributed by atoms with van der Waals surface area (Å²) in [6.45, 7) is 6.50. The maximum absolute atomic E-state index is 13.0. The van der Waals surface area contributed by atoms with Crippen molar-refractivity contribution in [1.29, 1.82) is 0 Å². The molecule has 0 aromatic rings. The smallest absolute Gasteiger partial charge is 0.309 e. The van der Waals surface area contributed by atoms with Crippen molar-refractivity contribution in [2.45, 2.75) is 386 Å². The molecule has 1 atom stereocenters. The minimum Gasteiger partial charge on any atom is -0.462 e. The normalized spacial score (nSPS) is 12.5. The van der Waals surface area contributed by atoms with Gasteiger partial charge < -0.3 is 14.2 Å². The number of hydrogen-bond donors (Lipinski definition) is 0. The van der Waals surface area contributed by atoms with Crippen LogP contribution in [0, 0.1) is 0 Å². The molecule has 0 aliphatic carbocycles. The van der Waals surface area contributed by atoms with Gasteiger partial charge in [0.25, 0.3) is 0 Å². The fourth-order valence-electron chi connectivity index (χ4n) is 10.8. The van der Waals surface area contributed by atoms with Gasteiger partial charge in [-0.05, 0) is 70.6 Å². The van der Waals surface area contributed by atoms with Gasteiger partial charge in [-0.1, -0.05) is 363 Å². The molecule has 0 saturated heterocycles. The quantitative estimate of drug-likeness (QED) is 0.0261. The Kier molecular flexibility index (Phi) is 68.6. The Balaban J connectivity index is 4.30. The molecule has 6 heteroatoms. The van der Waals surface area contributed by atoms with Crippen molar-refractivity contribution in [2.75, 3.05) is 13.2 Å². The van der Waals surface area contributed by atoms with Gasteiger partial charge in [0.2, 0.25) is 0 Å². The van der Waals surface area contributed by atoms with E-state index in [1.54, 1.807) is 0 Å². The highest BCUT2D eigenvalue weighted by Crippen LogP contribution is 2.19. The Bertz CT molecular complexity index is 1520. The van der Waals surface area contributed by atoms with Crippen molar-refractivity contribution in [3.05, 3.63) is 72.9 Å². The number of carbonyl (C=O) groups excluding carboxylic acids is 3. The molecule has 0 amide bonds. The van der Waals surface area contributed by atoms with Crippen molar-refractivity contribution in [1.82, 2.24) is 0 Å². The van der Waals surface area contributed by atoms with Crippen LogP contribution in [0.1, 0.15) is 380 Å². The number of unbranched alkanes of at least 4 members (excludes halogenated alkanes) is 45. The van der Waals surface area contributed by atoms with Gasteiger partial charge >= 0.3 is 17.9 Å². The lowest BCUT2D eigenvalue weighted by Crippen LogP contribution is -2.30. The predicted molar refractivity (Wildman–Crippen MR) is 362 cm³/mol. The van der Waals surface area contributed by atoms with Gasteiger partial charge in [0.1, 0.15) is 13.2 Å². The van der Waals surface area contributed by atoms with Crippen LogP contribution in [0.5, 0.6) is 0 Å². The van der Waals surface area contributed by atoms with Crippen LogP contribution >= 0.6 is 0 Å². The summed E-state index contributed by atoms with van der Waals surface area (Å²) in [6, 6.07) is 0. The number of esters is 3. The average Bonchev–Trinajstić information content (AvgIpc) is 3.49. The van der Waals surface area contributed by atoms with Gasteiger partial charge in [-0.25, -0.2) is 0 Å². The minimum atomic E-state index is -0.816. The van der Waals surface area contributed by atoms with E-state index in [0.29, 0.717) is 12.8 Å². The maximum Gasteiger partial charge on any atom is 0.309 e. The van der Waals surface area contributed by atoms with E-state index < -0.39 is 12.1 Å². The lowest BCUT2D eigenvalue weighted by atomic mass is 10.0. The zero-order chi connectivity index (χ0) is 59.9. The molecular formula is C77H138O6. The van der Waals surface area contributed by atoms with Crippen molar-refractivity contribution in [3.63, 3.8) is 0 Å². The molecule has 0 heterocycles. The van der Waals surface area contributed by atoms with Gasteiger partial charge in [-0.2, -0.15) is 0 Å². The molecule has 0 aliphatic rings. The molecule has 0 spiro atoms. The summed E-state index contributed by atoms with van der Waals surface area (Å²) in [7, 11) is 0.